The van der Waals surface area contributed by atoms with E-state index < -0.39 is 0 Å². The molecule has 2 aromatic heterocycles. The normalized spacial score (nSPS) is 16.4. The molecule has 152 valence electrons. The molecule has 7 nitrogen and oxygen atoms in total. The first-order valence-electron chi connectivity index (χ1n) is 9.58. The fourth-order valence-corrected chi connectivity index (χ4v) is 4.54. The highest BCUT2D eigenvalue weighted by Gasteiger charge is 2.33. The van der Waals surface area contributed by atoms with Gasteiger partial charge in [-0.2, -0.15) is 5.10 Å². The van der Waals surface area contributed by atoms with E-state index >= 15 is 0 Å². The Morgan fingerprint density at radius 1 is 1.34 bits per heavy atom. The molecule has 0 saturated heterocycles. The number of thiazole rings is 1. The maximum atomic E-state index is 13.0. The van der Waals surface area contributed by atoms with Gasteiger partial charge in [-0.1, -0.05) is 12.1 Å². The second kappa shape index (κ2) is 8.34. The van der Waals surface area contributed by atoms with Crippen LogP contribution in [0, 0.1) is 6.92 Å². The maximum Gasteiger partial charge on any atom is 0.230 e. The van der Waals surface area contributed by atoms with Gasteiger partial charge in [0, 0.05) is 56.1 Å². The van der Waals surface area contributed by atoms with E-state index in [4.69, 9.17) is 4.74 Å². The van der Waals surface area contributed by atoms with Crippen LogP contribution in [0.5, 0.6) is 5.75 Å². The quantitative estimate of drug-likeness (QED) is 0.675. The van der Waals surface area contributed by atoms with Crippen molar-refractivity contribution in [2.24, 2.45) is 7.05 Å². The van der Waals surface area contributed by atoms with Gasteiger partial charge < -0.3 is 10.1 Å². The van der Waals surface area contributed by atoms with Crippen LogP contribution < -0.4 is 10.1 Å². The van der Waals surface area contributed by atoms with Crippen molar-refractivity contribution < 1.29 is 9.53 Å². The second-order valence-electron chi connectivity index (χ2n) is 7.35. The number of hydrogen-bond donors (Lipinski definition) is 1. The Morgan fingerprint density at radius 3 is 2.83 bits per heavy atom. The van der Waals surface area contributed by atoms with Crippen LogP contribution in [0.3, 0.4) is 0 Å². The lowest BCUT2D eigenvalue weighted by molar-refractivity contribution is -0.123. The first kappa shape index (κ1) is 19.6. The topological polar surface area (TPSA) is 72.3 Å². The summed E-state index contributed by atoms with van der Waals surface area (Å²) in [6, 6.07) is 7.73. The van der Waals surface area contributed by atoms with Crippen molar-refractivity contribution in [1.82, 2.24) is 25.0 Å². The number of nitrogens with zero attached hydrogens (tertiary/aromatic N) is 4. The predicted octanol–water partition coefficient (Wildman–Crippen LogP) is 2.61. The highest BCUT2D eigenvalue weighted by molar-refractivity contribution is 7.11. The molecule has 3 aromatic rings. The molecule has 4 rings (SSSR count). The molecule has 1 aliphatic rings. The zero-order chi connectivity index (χ0) is 20.4. The number of fused-ring (bicyclic) bond motifs is 1. The van der Waals surface area contributed by atoms with Gasteiger partial charge in [0.2, 0.25) is 5.91 Å². The average molecular weight is 412 g/mol. The van der Waals surface area contributed by atoms with Crippen LogP contribution in [0.4, 0.5) is 0 Å². The highest BCUT2D eigenvalue weighted by Crippen LogP contribution is 2.29. The SMILES string of the molecule is COc1ccc(CNC(=O)[C@@H]2CN(Cc3cnc(C)s3)Cc3cn(C)nc32)cc1. The third kappa shape index (κ3) is 4.49. The standard InChI is InChI=1S/C21H25N5O2S/c1-14-22-9-18(29-14)12-26-11-16-10-25(2)24-20(16)19(13-26)21(27)23-8-15-4-6-17(28-3)7-5-15/h4-7,9-10,19H,8,11-13H2,1-3H3,(H,23,27)/t19-/m1/s1. The molecule has 0 radical (unpaired) electrons. The average Bonchev–Trinajstić information content (AvgIpc) is 3.30. The number of carbonyl (C=O) groups excluding carboxylic acids is 1. The summed E-state index contributed by atoms with van der Waals surface area (Å²) in [7, 11) is 3.55. The number of carbonyl (C=O) groups is 1. The Morgan fingerprint density at radius 2 is 2.14 bits per heavy atom. The van der Waals surface area contributed by atoms with E-state index in [1.54, 1.807) is 23.1 Å². The fraction of sp³-hybridized carbons (Fsp3) is 0.381. The summed E-state index contributed by atoms with van der Waals surface area (Å²) < 4.78 is 6.99. The molecule has 0 saturated carbocycles. The number of hydrogen-bond acceptors (Lipinski definition) is 6. The lowest BCUT2D eigenvalue weighted by Crippen LogP contribution is -2.40. The Hall–Kier alpha value is -2.71. The number of ether oxygens (including phenoxy) is 1. The van der Waals surface area contributed by atoms with Gasteiger partial charge in [-0.3, -0.25) is 14.4 Å². The molecule has 1 amide bonds. The number of aryl methyl sites for hydroxylation is 2. The van der Waals surface area contributed by atoms with Crippen LogP contribution in [-0.4, -0.2) is 39.2 Å². The van der Waals surface area contributed by atoms with Crippen LogP contribution >= 0.6 is 11.3 Å². The van der Waals surface area contributed by atoms with Gasteiger partial charge in [0.05, 0.1) is 23.7 Å². The van der Waals surface area contributed by atoms with Crippen molar-refractivity contribution in [2.45, 2.75) is 32.5 Å². The Balaban J connectivity index is 1.46. The molecule has 1 atom stereocenters. The predicted molar refractivity (Wildman–Crippen MR) is 112 cm³/mol. The van der Waals surface area contributed by atoms with E-state index in [-0.39, 0.29) is 11.8 Å². The smallest absolute Gasteiger partial charge is 0.230 e. The lowest BCUT2D eigenvalue weighted by Gasteiger charge is -2.30. The van der Waals surface area contributed by atoms with Crippen LogP contribution in [0.15, 0.2) is 36.7 Å². The van der Waals surface area contributed by atoms with Gasteiger partial charge in [-0.25, -0.2) is 4.98 Å². The molecule has 1 aromatic carbocycles. The van der Waals surface area contributed by atoms with Crippen LogP contribution in [0.2, 0.25) is 0 Å². The molecule has 1 N–H and O–H groups in total. The maximum absolute atomic E-state index is 13.0. The summed E-state index contributed by atoms with van der Waals surface area (Å²) in [5.41, 5.74) is 3.04. The molecular weight excluding hydrogens is 386 g/mol. The van der Waals surface area contributed by atoms with Gasteiger partial charge in [-0.05, 0) is 24.6 Å². The fourth-order valence-electron chi connectivity index (χ4n) is 3.70. The zero-order valence-electron chi connectivity index (χ0n) is 16.9. The Kier molecular flexibility index (Phi) is 5.64. The first-order valence-corrected chi connectivity index (χ1v) is 10.4. The second-order valence-corrected chi connectivity index (χ2v) is 8.67. The zero-order valence-corrected chi connectivity index (χ0v) is 17.7. The van der Waals surface area contributed by atoms with Gasteiger partial charge in [-0.15, -0.1) is 11.3 Å². The van der Waals surface area contributed by atoms with E-state index in [2.05, 4.69) is 20.3 Å². The summed E-state index contributed by atoms with van der Waals surface area (Å²) >= 11 is 1.70. The summed E-state index contributed by atoms with van der Waals surface area (Å²) in [5.74, 6) is 0.526. The van der Waals surface area contributed by atoms with E-state index in [0.717, 1.165) is 40.7 Å². The van der Waals surface area contributed by atoms with E-state index in [0.29, 0.717) is 13.1 Å². The van der Waals surface area contributed by atoms with Gasteiger partial charge in [0.15, 0.2) is 0 Å². The third-order valence-corrected chi connectivity index (χ3v) is 5.99. The lowest BCUT2D eigenvalue weighted by atomic mass is 9.95. The number of nitrogens with one attached hydrogen (secondary N) is 1. The summed E-state index contributed by atoms with van der Waals surface area (Å²) in [6.07, 6.45) is 3.95. The van der Waals surface area contributed by atoms with Gasteiger partial charge in [0.1, 0.15) is 5.75 Å². The molecule has 0 unspecified atom stereocenters. The minimum Gasteiger partial charge on any atom is -0.497 e. The molecule has 0 aliphatic carbocycles. The summed E-state index contributed by atoms with van der Waals surface area (Å²) in [4.78, 5) is 20.9. The Bertz CT molecular complexity index is 995. The minimum atomic E-state index is -0.285. The molecule has 0 spiro atoms. The van der Waals surface area contributed by atoms with Crippen molar-refractivity contribution in [1.29, 1.82) is 0 Å². The van der Waals surface area contributed by atoms with Crippen LogP contribution in [0.1, 0.15) is 32.6 Å². The first-order chi connectivity index (χ1) is 14.0. The van der Waals surface area contributed by atoms with Crippen molar-refractivity contribution in [3.63, 3.8) is 0 Å². The number of aromatic nitrogens is 3. The molecule has 0 bridgehead atoms. The number of benzene rings is 1. The Labute approximate surface area is 174 Å². The highest BCUT2D eigenvalue weighted by atomic mass is 32.1. The minimum absolute atomic E-state index is 0.00551. The van der Waals surface area contributed by atoms with Crippen molar-refractivity contribution in [2.75, 3.05) is 13.7 Å². The summed E-state index contributed by atoms with van der Waals surface area (Å²) in [5, 5.41) is 8.72. The van der Waals surface area contributed by atoms with Gasteiger partial charge in [0.25, 0.3) is 0 Å². The van der Waals surface area contributed by atoms with Crippen molar-refractivity contribution in [3.05, 3.63) is 63.4 Å². The molecule has 0 fully saturated rings. The molecule has 1 aliphatic heterocycles. The number of amides is 1. The van der Waals surface area contributed by atoms with Crippen molar-refractivity contribution >= 4 is 17.2 Å². The number of methoxy groups -OCH3 is 1. The molecular formula is C21H25N5O2S. The van der Waals surface area contributed by atoms with E-state index in [1.807, 2.05) is 50.6 Å². The third-order valence-electron chi connectivity index (χ3n) is 5.09. The monoisotopic (exact) mass is 411 g/mol. The number of rotatable bonds is 6. The molecule has 29 heavy (non-hydrogen) atoms. The van der Waals surface area contributed by atoms with Crippen LogP contribution in [0.25, 0.3) is 0 Å². The van der Waals surface area contributed by atoms with E-state index in [1.165, 1.54) is 4.88 Å². The molecule has 8 heteroatoms. The van der Waals surface area contributed by atoms with Crippen molar-refractivity contribution in [3.8, 4) is 5.75 Å². The van der Waals surface area contributed by atoms with Gasteiger partial charge >= 0.3 is 0 Å². The molecule has 3 heterocycles. The van der Waals surface area contributed by atoms with E-state index in [9.17, 15) is 4.79 Å². The van der Waals surface area contributed by atoms with Crippen LogP contribution in [-0.2, 0) is 31.5 Å². The largest absolute Gasteiger partial charge is 0.497 e. The summed E-state index contributed by atoms with van der Waals surface area (Å²) in [6.45, 7) is 4.73.